The van der Waals surface area contributed by atoms with Crippen LogP contribution in [0.25, 0.3) is 0 Å². The zero-order valence-corrected chi connectivity index (χ0v) is 12.6. The van der Waals surface area contributed by atoms with Gasteiger partial charge in [-0.3, -0.25) is 4.79 Å². The summed E-state index contributed by atoms with van der Waals surface area (Å²) in [6.45, 7) is 7.12. The second-order valence-electron chi connectivity index (χ2n) is 5.57. The van der Waals surface area contributed by atoms with Gasteiger partial charge in [0.15, 0.2) is 0 Å². The molecule has 0 aromatic heterocycles. The summed E-state index contributed by atoms with van der Waals surface area (Å²) < 4.78 is 36.7. The van der Waals surface area contributed by atoms with E-state index in [-0.39, 0.29) is 6.61 Å². The van der Waals surface area contributed by atoms with E-state index in [0.29, 0.717) is 0 Å². The molecule has 0 aliphatic carbocycles. The SMILES string of the molecule is CCOC(=O)C(C)CC(F)(F)CNC(=O)OC(C)(C)C. The smallest absolute Gasteiger partial charge is 0.407 e. The van der Waals surface area contributed by atoms with Crippen molar-refractivity contribution >= 4 is 12.1 Å². The maximum atomic E-state index is 13.6. The molecule has 20 heavy (non-hydrogen) atoms. The van der Waals surface area contributed by atoms with Gasteiger partial charge in [-0.2, -0.15) is 0 Å². The molecule has 118 valence electrons. The van der Waals surface area contributed by atoms with E-state index in [1.54, 1.807) is 27.7 Å². The number of alkyl carbamates (subject to hydrolysis) is 1. The number of hydrogen-bond acceptors (Lipinski definition) is 4. The van der Waals surface area contributed by atoms with Crippen LogP contribution in [0.2, 0.25) is 0 Å². The number of halogens is 2. The van der Waals surface area contributed by atoms with E-state index in [1.165, 1.54) is 6.92 Å². The second-order valence-corrected chi connectivity index (χ2v) is 5.57. The molecule has 1 atom stereocenters. The van der Waals surface area contributed by atoms with Crippen molar-refractivity contribution in [3.8, 4) is 0 Å². The van der Waals surface area contributed by atoms with Gasteiger partial charge in [-0.05, 0) is 27.7 Å². The van der Waals surface area contributed by atoms with E-state index >= 15 is 0 Å². The molecule has 0 rings (SSSR count). The zero-order chi connectivity index (χ0) is 16.0. The van der Waals surface area contributed by atoms with Crippen LogP contribution in [0.4, 0.5) is 13.6 Å². The number of rotatable bonds is 6. The molecule has 0 bridgehead atoms. The maximum absolute atomic E-state index is 13.6. The van der Waals surface area contributed by atoms with Gasteiger partial charge in [0.25, 0.3) is 5.92 Å². The molecule has 7 heteroatoms. The summed E-state index contributed by atoms with van der Waals surface area (Å²) in [6, 6.07) is 0. The van der Waals surface area contributed by atoms with Crippen molar-refractivity contribution in [1.82, 2.24) is 5.32 Å². The van der Waals surface area contributed by atoms with Crippen molar-refractivity contribution in [1.29, 1.82) is 0 Å². The van der Waals surface area contributed by atoms with E-state index in [4.69, 9.17) is 4.74 Å². The topological polar surface area (TPSA) is 64.6 Å². The molecule has 0 fully saturated rings. The van der Waals surface area contributed by atoms with E-state index in [0.717, 1.165) is 0 Å². The van der Waals surface area contributed by atoms with E-state index in [9.17, 15) is 18.4 Å². The molecule has 1 N–H and O–H groups in total. The summed E-state index contributed by atoms with van der Waals surface area (Å²) in [4.78, 5) is 22.5. The second kappa shape index (κ2) is 7.40. The molecule has 0 heterocycles. The van der Waals surface area contributed by atoms with Gasteiger partial charge in [0.05, 0.1) is 19.1 Å². The van der Waals surface area contributed by atoms with E-state index in [2.05, 4.69) is 4.74 Å². The number of carbonyl (C=O) groups excluding carboxylic acids is 2. The number of amides is 1. The minimum Gasteiger partial charge on any atom is -0.466 e. The summed E-state index contributed by atoms with van der Waals surface area (Å²) in [5.41, 5.74) is -0.752. The highest BCUT2D eigenvalue weighted by molar-refractivity contribution is 5.72. The highest BCUT2D eigenvalue weighted by Gasteiger charge is 2.35. The zero-order valence-electron chi connectivity index (χ0n) is 12.6. The average Bonchev–Trinajstić information content (AvgIpc) is 2.24. The summed E-state index contributed by atoms with van der Waals surface area (Å²) in [5, 5.41) is 1.99. The number of hydrogen-bond donors (Lipinski definition) is 1. The van der Waals surface area contributed by atoms with Crippen molar-refractivity contribution in [2.75, 3.05) is 13.2 Å². The summed E-state index contributed by atoms with van der Waals surface area (Å²) in [7, 11) is 0. The molecule has 1 amide bonds. The van der Waals surface area contributed by atoms with Crippen molar-refractivity contribution in [2.45, 2.75) is 52.6 Å². The van der Waals surface area contributed by atoms with Crippen LogP contribution in [0.1, 0.15) is 41.0 Å². The first kappa shape index (κ1) is 18.6. The van der Waals surface area contributed by atoms with Crippen LogP contribution in [-0.2, 0) is 14.3 Å². The minimum absolute atomic E-state index is 0.144. The lowest BCUT2D eigenvalue weighted by molar-refractivity contribution is -0.150. The van der Waals surface area contributed by atoms with Gasteiger partial charge in [0.2, 0.25) is 0 Å². The number of alkyl halides is 2. The Hall–Kier alpha value is -1.40. The van der Waals surface area contributed by atoms with Crippen molar-refractivity contribution < 1.29 is 27.8 Å². The highest BCUT2D eigenvalue weighted by Crippen LogP contribution is 2.23. The molecule has 0 aromatic carbocycles. The van der Waals surface area contributed by atoms with Crippen LogP contribution in [0.3, 0.4) is 0 Å². The van der Waals surface area contributed by atoms with Gasteiger partial charge >= 0.3 is 12.1 Å². The largest absolute Gasteiger partial charge is 0.466 e. The first-order valence-electron chi connectivity index (χ1n) is 6.48. The van der Waals surface area contributed by atoms with Crippen LogP contribution in [0.5, 0.6) is 0 Å². The Kier molecular flexibility index (Phi) is 6.88. The summed E-state index contributed by atoms with van der Waals surface area (Å²) in [5.74, 6) is -4.82. The van der Waals surface area contributed by atoms with E-state index < -0.39 is 42.5 Å². The van der Waals surface area contributed by atoms with Crippen molar-refractivity contribution in [2.24, 2.45) is 5.92 Å². The first-order chi connectivity index (χ1) is 8.97. The monoisotopic (exact) mass is 295 g/mol. The number of carbonyl (C=O) groups is 2. The highest BCUT2D eigenvalue weighted by atomic mass is 19.3. The third-order valence-corrected chi connectivity index (χ3v) is 2.18. The molecular weight excluding hydrogens is 272 g/mol. The average molecular weight is 295 g/mol. The van der Waals surface area contributed by atoms with Gasteiger partial charge in [0, 0.05) is 6.42 Å². The van der Waals surface area contributed by atoms with Crippen LogP contribution in [0.15, 0.2) is 0 Å². The molecule has 5 nitrogen and oxygen atoms in total. The Morgan fingerprint density at radius 1 is 1.25 bits per heavy atom. The normalized spacial score (nSPS) is 13.6. The van der Waals surface area contributed by atoms with E-state index in [1.807, 2.05) is 5.32 Å². The van der Waals surface area contributed by atoms with Gasteiger partial charge in [0.1, 0.15) is 5.60 Å². The number of esters is 1. The molecule has 0 saturated heterocycles. The lowest BCUT2D eigenvalue weighted by Gasteiger charge is -2.23. The Morgan fingerprint density at radius 2 is 1.80 bits per heavy atom. The fraction of sp³-hybridized carbons (Fsp3) is 0.846. The molecule has 0 saturated carbocycles. The predicted octanol–water partition coefficient (Wildman–Crippen LogP) is 2.74. The number of ether oxygens (including phenoxy) is 2. The molecule has 0 spiro atoms. The Morgan fingerprint density at radius 3 is 2.25 bits per heavy atom. The van der Waals surface area contributed by atoms with Crippen LogP contribution in [0, 0.1) is 5.92 Å². The third kappa shape index (κ3) is 8.66. The predicted molar refractivity (Wildman–Crippen MR) is 69.6 cm³/mol. The van der Waals surface area contributed by atoms with Crippen LogP contribution < -0.4 is 5.32 Å². The molecular formula is C13H23F2NO4. The van der Waals surface area contributed by atoms with Crippen LogP contribution in [-0.4, -0.2) is 36.7 Å². The third-order valence-electron chi connectivity index (χ3n) is 2.18. The summed E-state index contributed by atoms with van der Waals surface area (Å²) in [6.07, 6.45) is -1.61. The Bertz CT molecular complexity index is 340. The lowest BCUT2D eigenvalue weighted by atomic mass is 10.0. The number of nitrogens with one attached hydrogen (secondary N) is 1. The van der Waals surface area contributed by atoms with Gasteiger partial charge in [-0.25, -0.2) is 13.6 Å². The Balaban J connectivity index is 4.25. The van der Waals surface area contributed by atoms with Crippen molar-refractivity contribution in [3.05, 3.63) is 0 Å². The first-order valence-corrected chi connectivity index (χ1v) is 6.48. The fourth-order valence-electron chi connectivity index (χ4n) is 1.40. The van der Waals surface area contributed by atoms with Gasteiger partial charge in [-0.15, -0.1) is 0 Å². The molecule has 1 unspecified atom stereocenters. The standard InChI is InChI=1S/C13H23F2NO4/c1-6-19-10(17)9(2)7-13(14,15)8-16-11(18)20-12(3,4)5/h9H,6-8H2,1-5H3,(H,16,18). The minimum atomic E-state index is -3.21. The quantitative estimate of drug-likeness (QED) is 0.765. The van der Waals surface area contributed by atoms with Gasteiger partial charge < -0.3 is 14.8 Å². The molecule has 0 aliphatic heterocycles. The summed E-state index contributed by atoms with van der Waals surface area (Å²) >= 11 is 0. The molecule has 0 aliphatic rings. The van der Waals surface area contributed by atoms with Crippen molar-refractivity contribution in [3.63, 3.8) is 0 Å². The lowest BCUT2D eigenvalue weighted by Crippen LogP contribution is -2.41. The van der Waals surface area contributed by atoms with Gasteiger partial charge in [-0.1, -0.05) is 6.92 Å². The Labute approximate surface area is 118 Å². The maximum Gasteiger partial charge on any atom is 0.407 e. The van der Waals surface area contributed by atoms with Crippen LogP contribution >= 0.6 is 0 Å². The fourth-order valence-corrected chi connectivity index (χ4v) is 1.40. The molecule has 0 aromatic rings. The molecule has 0 radical (unpaired) electrons.